The Morgan fingerprint density at radius 1 is 0.865 bits per heavy atom. The van der Waals surface area contributed by atoms with Gasteiger partial charge in [0.2, 0.25) is 0 Å². The molecule has 0 radical (unpaired) electrons. The van der Waals surface area contributed by atoms with Crippen LogP contribution in [0.2, 0.25) is 0 Å². The van der Waals surface area contributed by atoms with Crippen molar-refractivity contribution in [3.63, 3.8) is 0 Å². The van der Waals surface area contributed by atoms with Gasteiger partial charge in [-0.05, 0) is 31.9 Å². The molecular weight excluding hydrogens is 472 g/mol. The van der Waals surface area contributed by atoms with Crippen molar-refractivity contribution in [2.75, 3.05) is 32.7 Å². The molecule has 1 aliphatic heterocycles. The van der Waals surface area contributed by atoms with Crippen LogP contribution in [0.15, 0.2) is 60.7 Å². The predicted molar refractivity (Wildman–Crippen MR) is 139 cm³/mol. The maximum absolute atomic E-state index is 12.7. The molecule has 0 atom stereocenters. The summed E-state index contributed by atoms with van der Waals surface area (Å²) in [6.45, 7) is 8.27. The van der Waals surface area contributed by atoms with Crippen LogP contribution < -0.4 is 5.32 Å². The van der Waals surface area contributed by atoms with Crippen molar-refractivity contribution in [1.82, 2.24) is 5.32 Å². The summed E-state index contributed by atoms with van der Waals surface area (Å²) in [7, 11) is 0. The van der Waals surface area contributed by atoms with E-state index in [2.05, 4.69) is 5.32 Å². The number of alkyl carbamates (subject to hydrolysis) is 1. The Kier molecular flexibility index (Phi) is 10.1. The number of hydrogen-bond donors (Lipinski definition) is 1. The van der Waals surface area contributed by atoms with E-state index in [-0.39, 0.29) is 37.6 Å². The Hall–Kier alpha value is -3.39. The molecule has 1 saturated heterocycles. The Balaban J connectivity index is 1.52. The van der Waals surface area contributed by atoms with Crippen molar-refractivity contribution in [3.05, 3.63) is 71.8 Å². The maximum Gasteiger partial charge on any atom is 0.407 e. The number of nitrogens with zero attached hydrogens (tertiary/aromatic N) is 1. The Morgan fingerprint density at radius 3 is 1.95 bits per heavy atom. The molecule has 1 N–H and O–H groups in total. The first-order chi connectivity index (χ1) is 17.6. The van der Waals surface area contributed by atoms with Crippen molar-refractivity contribution in [3.8, 4) is 0 Å². The minimum absolute atomic E-state index is 0.184. The molecule has 1 fully saturated rings. The first-order valence-corrected chi connectivity index (χ1v) is 12.9. The maximum atomic E-state index is 12.7. The summed E-state index contributed by atoms with van der Waals surface area (Å²) in [5.41, 5.74) is 1.28. The number of carbonyl (C=O) groups is 3. The average molecular weight is 512 g/mol. The van der Waals surface area contributed by atoms with Gasteiger partial charge in [0.05, 0.1) is 32.1 Å². The topological polar surface area (TPSA) is 90.9 Å². The quantitative estimate of drug-likeness (QED) is 0.292. The van der Waals surface area contributed by atoms with Crippen LogP contribution in [0.5, 0.6) is 0 Å². The zero-order valence-electron chi connectivity index (χ0n) is 22.1. The highest BCUT2D eigenvalue weighted by Crippen LogP contribution is 2.26. The second-order valence-corrected chi connectivity index (χ2v) is 10.6. The Morgan fingerprint density at radius 2 is 1.41 bits per heavy atom. The second-order valence-electron chi connectivity index (χ2n) is 10.6. The number of quaternary nitrogens is 1. The highest BCUT2D eigenvalue weighted by molar-refractivity contribution is 5.73. The molecule has 0 aliphatic carbocycles. The molecule has 37 heavy (non-hydrogen) atoms. The summed E-state index contributed by atoms with van der Waals surface area (Å²) >= 11 is 0. The highest BCUT2D eigenvalue weighted by Gasteiger charge is 2.39. The largest absolute Gasteiger partial charge is 0.461 e. The minimum atomic E-state index is -0.583. The third-order valence-corrected chi connectivity index (χ3v) is 6.41. The van der Waals surface area contributed by atoms with Crippen LogP contribution in [-0.4, -0.2) is 60.8 Å². The van der Waals surface area contributed by atoms with Crippen LogP contribution in [0.1, 0.15) is 44.7 Å². The molecule has 3 rings (SSSR count). The van der Waals surface area contributed by atoms with Crippen molar-refractivity contribution in [2.24, 2.45) is 5.92 Å². The van der Waals surface area contributed by atoms with Crippen LogP contribution in [-0.2, 0) is 37.0 Å². The first-order valence-electron chi connectivity index (χ1n) is 12.9. The van der Waals surface area contributed by atoms with Gasteiger partial charge in [-0.25, -0.2) is 9.59 Å². The predicted octanol–water partition coefficient (Wildman–Crippen LogP) is 4.22. The number of rotatable bonds is 10. The average Bonchev–Trinajstić information content (AvgIpc) is 2.86. The molecular formula is C29H39N2O6+. The third-order valence-electron chi connectivity index (χ3n) is 6.41. The fraction of sp³-hybridized carbons (Fsp3) is 0.483. The molecule has 200 valence electrons. The summed E-state index contributed by atoms with van der Waals surface area (Å²) in [6, 6.07) is 19.1. The zero-order chi connectivity index (χ0) is 26.7. The Labute approximate surface area is 219 Å². The van der Waals surface area contributed by atoms with E-state index in [1.165, 1.54) is 0 Å². The molecule has 1 heterocycles. The van der Waals surface area contributed by atoms with E-state index in [4.69, 9.17) is 14.2 Å². The molecule has 0 bridgehead atoms. The van der Waals surface area contributed by atoms with Crippen LogP contribution in [0.4, 0.5) is 4.79 Å². The lowest BCUT2D eigenvalue weighted by Crippen LogP contribution is -2.59. The van der Waals surface area contributed by atoms with Gasteiger partial charge in [0.1, 0.15) is 18.8 Å². The smallest absolute Gasteiger partial charge is 0.407 e. The second kappa shape index (κ2) is 13.2. The van der Waals surface area contributed by atoms with Crippen LogP contribution in [0.25, 0.3) is 0 Å². The lowest BCUT2D eigenvalue weighted by atomic mass is 9.94. The van der Waals surface area contributed by atoms with E-state index in [9.17, 15) is 14.4 Å². The summed E-state index contributed by atoms with van der Waals surface area (Å²) in [4.78, 5) is 37.6. The molecule has 0 aromatic heterocycles. The number of benzene rings is 2. The first kappa shape index (κ1) is 28.2. The van der Waals surface area contributed by atoms with Crippen LogP contribution >= 0.6 is 0 Å². The fourth-order valence-corrected chi connectivity index (χ4v) is 4.48. The van der Waals surface area contributed by atoms with Gasteiger partial charge >= 0.3 is 18.0 Å². The number of amides is 1. The van der Waals surface area contributed by atoms with Gasteiger partial charge in [-0.2, -0.15) is 0 Å². The summed E-state index contributed by atoms with van der Waals surface area (Å²) < 4.78 is 16.9. The number of likely N-dealkylation sites (tertiary alicyclic amines) is 1. The lowest BCUT2D eigenvalue weighted by Gasteiger charge is -2.42. The SMILES string of the molecule is CC(C)(C)OC(=O)C[N+]1(CCNC(=O)OCc2ccccc2)CCC(C(=O)OCc2ccccc2)CC1. The van der Waals surface area contributed by atoms with E-state index in [0.717, 1.165) is 11.1 Å². The van der Waals surface area contributed by atoms with Crippen molar-refractivity contribution < 1.29 is 33.1 Å². The molecule has 0 unspecified atom stereocenters. The highest BCUT2D eigenvalue weighted by atomic mass is 16.6. The normalized spacial score (nSPS) is 19.5. The number of hydrogen-bond acceptors (Lipinski definition) is 6. The monoisotopic (exact) mass is 511 g/mol. The third kappa shape index (κ3) is 9.88. The molecule has 8 heteroatoms. The zero-order valence-corrected chi connectivity index (χ0v) is 22.1. The van der Waals surface area contributed by atoms with Crippen LogP contribution in [0, 0.1) is 5.92 Å². The van der Waals surface area contributed by atoms with Gasteiger partial charge in [-0.15, -0.1) is 0 Å². The van der Waals surface area contributed by atoms with Gasteiger partial charge in [-0.3, -0.25) is 4.79 Å². The van der Waals surface area contributed by atoms with Gasteiger partial charge in [0.25, 0.3) is 0 Å². The van der Waals surface area contributed by atoms with Crippen molar-refractivity contribution in [1.29, 1.82) is 0 Å². The molecule has 0 saturated carbocycles. The molecule has 0 spiro atoms. The number of piperidine rings is 1. The van der Waals surface area contributed by atoms with Crippen molar-refractivity contribution >= 4 is 18.0 Å². The molecule has 2 aromatic rings. The fourth-order valence-electron chi connectivity index (χ4n) is 4.48. The number of carbonyl (C=O) groups excluding carboxylic acids is 3. The van der Waals surface area contributed by atoms with Crippen LogP contribution in [0.3, 0.4) is 0 Å². The minimum Gasteiger partial charge on any atom is -0.461 e. The summed E-state index contributed by atoms with van der Waals surface area (Å²) in [5.74, 6) is -0.705. The number of nitrogens with one attached hydrogen (secondary N) is 1. The lowest BCUT2D eigenvalue weighted by molar-refractivity contribution is -0.925. The van der Waals surface area contributed by atoms with E-state index >= 15 is 0 Å². The number of ether oxygens (including phenoxy) is 3. The standard InChI is InChI=1S/C29H38N2O6/c1-29(2,3)37-26(32)20-31(19-16-30-28(34)36-22-24-12-8-5-9-13-24)17-14-25(15-18-31)27(33)35-21-23-10-6-4-7-11-23/h4-13,25H,14-22H2,1-3H3/p+1. The molecule has 1 amide bonds. The van der Waals surface area contributed by atoms with Gasteiger partial charge in [-0.1, -0.05) is 60.7 Å². The molecule has 1 aliphatic rings. The molecule has 8 nitrogen and oxygen atoms in total. The summed E-state index contributed by atoms with van der Waals surface area (Å²) in [5, 5.41) is 2.80. The van der Waals surface area contributed by atoms with E-state index in [1.54, 1.807) is 0 Å². The Bertz CT molecular complexity index is 1010. The van der Waals surface area contributed by atoms with Gasteiger partial charge in [0.15, 0.2) is 6.54 Å². The van der Waals surface area contributed by atoms with E-state index in [0.29, 0.717) is 43.5 Å². The van der Waals surface area contributed by atoms with Crippen molar-refractivity contribution in [2.45, 2.75) is 52.4 Å². The molecule has 2 aromatic carbocycles. The van der Waals surface area contributed by atoms with E-state index in [1.807, 2.05) is 81.4 Å². The number of esters is 2. The summed E-state index contributed by atoms with van der Waals surface area (Å²) in [6.07, 6.45) is 0.711. The van der Waals surface area contributed by atoms with Gasteiger partial charge in [0, 0.05) is 12.8 Å². The van der Waals surface area contributed by atoms with E-state index < -0.39 is 11.7 Å². The van der Waals surface area contributed by atoms with Gasteiger partial charge < -0.3 is 24.0 Å².